The smallest absolute Gasteiger partial charge is 0.251 e. The lowest BCUT2D eigenvalue weighted by molar-refractivity contribution is 0.0955. The minimum atomic E-state index is -0.0323. The van der Waals surface area contributed by atoms with Crippen molar-refractivity contribution < 1.29 is 4.79 Å². The molecule has 1 amide bonds. The van der Waals surface area contributed by atoms with Crippen LogP contribution in [0.15, 0.2) is 36.7 Å². The average molecular weight is 257 g/mol. The number of benzene rings is 1. The van der Waals surface area contributed by atoms with Crippen molar-refractivity contribution in [1.29, 1.82) is 0 Å². The van der Waals surface area contributed by atoms with Crippen molar-refractivity contribution in [2.24, 2.45) is 0 Å². The fourth-order valence-corrected chi connectivity index (χ4v) is 1.98. The number of amides is 1. The van der Waals surface area contributed by atoms with Gasteiger partial charge in [-0.05, 0) is 30.5 Å². The zero-order chi connectivity index (χ0) is 13.5. The second kappa shape index (κ2) is 6.85. The van der Waals surface area contributed by atoms with Crippen molar-refractivity contribution >= 4 is 16.7 Å². The second-order valence-corrected chi connectivity index (χ2v) is 4.41. The number of aromatic nitrogens is 1. The molecule has 0 bridgehead atoms. The first-order valence-electron chi connectivity index (χ1n) is 6.64. The molecular formula is C15H19N3O. The van der Waals surface area contributed by atoms with Gasteiger partial charge in [-0.1, -0.05) is 19.1 Å². The first-order chi connectivity index (χ1) is 9.33. The molecule has 0 aliphatic rings. The molecule has 0 saturated carbocycles. The highest BCUT2D eigenvalue weighted by Crippen LogP contribution is 2.16. The van der Waals surface area contributed by atoms with Gasteiger partial charge in [0.2, 0.25) is 0 Å². The molecule has 0 aliphatic carbocycles. The largest absolute Gasteiger partial charge is 0.351 e. The molecule has 4 heteroatoms. The van der Waals surface area contributed by atoms with Crippen molar-refractivity contribution in [2.45, 2.75) is 13.3 Å². The van der Waals surface area contributed by atoms with Gasteiger partial charge in [-0.2, -0.15) is 0 Å². The zero-order valence-corrected chi connectivity index (χ0v) is 11.1. The normalized spacial score (nSPS) is 10.6. The van der Waals surface area contributed by atoms with Crippen molar-refractivity contribution in [1.82, 2.24) is 15.6 Å². The van der Waals surface area contributed by atoms with E-state index < -0.39 is 0 Å². The number of hydrogen-bond donors (Lipinski definition) is 2. The van der Waals surface area contributed by atoms with Crippen LogP contribution in [0.1, 0.15) is 23.7 Å². The van der Waals surface area contributed by atoms with Crippen LogP contribution < -0.4 is 10.6 Å². The predicted octanol–water partition coefficient (Wildman–Crippen LogP) is 1.96. The zero-order valence-electron chi connectivity index (χ0n) is 11.1. The topological polar surface area (TPSA) is 54.0 Å². The lowest BCUT2D eigenvalue weighted by atomic mass is 10.1. The van der Waals surface area contributed by atoms with E-state index in [1.165, 1.54) is 0 Å². The molecule has 100 valence electrons. The molecule has 19 heavy (non-hydrogen) atoms. The molecule has 2 aromatic rings. The number of nitrogens with one attached hydrogen (secondary N) is 2. The molecule has 2 N–H and O–H groups in total. The highest BCUT2D eigenvalue weighted by molar-refractivity contribution is 6.06. The van der Waals surface area contributed by atoms with Gasteiger partial charge in [0.15, 0.2) is 0 Å². The standard InChI is InChI=1S/C15H19N3O/c1-2-7-16-9-10-18-15(19)14-5-3-4-12-11-17-8-6-13(12)14/h3-6,8,11,16H,2,7,9-10H2,1H3,(H,18,19). The van der Waals surface area contributed by atoms with Crippen LogP contribution in [0.2, 0.25) is 0 Å². The van der Waals surface area contributed by atoms with Crippen LogP contribution in [0.25, 0.3) is 10.8 Å². The molecule has 1 heterocycles. The molecule has 2 rings (SSSR count). The number of nitrogens with zero attached hydrogens (tertiary/aromatic N) is 1. The third-order valence-electron chi connectivity index (χ3n) is 2.94. The van der Waals surface area contributed by atoms with Gasteiger partial charge in [-0.3, -0.25) is 9.78 Å². The van der Waals surface area contributed by atoms with E-state index >= 15 is 0 Å². The molecular weight excluding hydrogens is 238 g/mol. The van der Waals surface area contributed by atoms with E-state index in [1.807, 2.05) is 24.3 Å². The molecule has 1 aromatic heterocycles. The van der Waals surface area contributed by atoms with E-state index in [2.05, 4.69) is 22.5 Å². The van der Waals surface area contributed by atoms with Gasteiger partial charge in [0.25, 0.3) is 5.91 Å². The van der Waals surface area contributed by atoms with Gasteiger partial charge < -0.3 is 10.6 Å². The number of carbonyl (C=O) groups is 1. The molecule has 0 fully saturated rings. The maximum absolute atomic E-state index is 12.1. The van der Waals surface area contributed by atoms with Crippen molar-refractivity contribution in [3.63, 3.8) is 0 Å². The highest BCUT2D eigenvalue weighted by atomic mass is 16.1. The van der Waals surface area contributed by atoms with Crippen LogP contribution >= 0.6 is 0 Å². The Morgan fingerprint density at radius 3 is 2.95 bits per heavy atom. The molecule has 0 saturated heterocycles. The molecule has 0 spiro atoms. The van der Waals surface area contributed by atoms with E-state index in [0.29, 0.717) is 12.1 Å². The fourth-order valence-electron chi connectivity index (χ4n) is 1.98. The van der Waals surface area contributed by atoms with Gasteiger partial charge in [0.05, 0.1) is 0 Å². The van der Waals surface area contributed by atoms with Crippen LogP contribution in [-0.4, -0.2) is 30.5 Å². The number of rotatable bonds is 6. The summed E-state index contributed by atoms with van der Waals surface area (Å²) in [6, 6.07) is 7.56. The molecule has 0 aliphatic heterocycles. The Morgan fingerprint density at radius 2 is 2.11 bits per heavy atom. The summed E-state index contributed by atoms with van der Waals surface area (Å²) in [4.78, 5) is 16.2. The van der Waals surface area contributed by atoms with E-state index in [9.17, 15) is 4.79 Å². The highest BCUT2D eigenvalue weighted by Gasteiger charge is 2.08. The Kier molecular flexibility index (Phi) is 4.86. The lowest BCUT2D eigenvalue weighted by Crippen LogP contribution is -2.32. The summed E-state index contributed by atoms with van der Waals surface area (Å²) in [5.41, 5.74) is 0.704. The van der Waals surface area contributed by atoms with Gasteiger partial charge in [-0.15, -0.1) is 0 Å². The van der Waals surface area contributed by atoms with Crippen LogP contribution in [0, 0.1) is 0 Å². The summed E-state index contributed by atoms with van der Waals surface area (Å²) in [5, 5.41) is 8.11. The monoisotopic (exact) mass is 257 g/mol. The van der Waals surface area contributed by atoms with E-state index in [1.54, 1.807) is 12.4 Å². The number of fused-ring (bicyclic) bond motifs is 1. The Hall–Kier alpha value is -1.94. The van der Waals surface area contributed by atoms with E-state index in [-0.39, 0.29) is 5.91 Å². The van der Waals surface area contributed by atoms with E-state index in [4.69, 9.17) is 0 Å². The van der Waals surface area contributed by atoms with Crippen molar-refractivity contribution in [3.05, 3.63) is 42.2 Å². The summed E-state index contributed by atoms with van der Waals surface area (Å²) in [6.45, 7) is 4.54. The van der Waals surface area contributed by atoms with Crippen molar-refractivity contribution in [3.8, 4) is 0 Å². The summed E-state index contributed by atoms with van der Waals surface area (Å²) in [7, 11) is 0. The maximum atomic E-state index is 12.1. The number of hydrogen-bond acceptors (Lipinski definition) is 3. The maximum Gasteiger partial charge on any atom is 0.251 e. The summed E-state index contributed by atoms with van der Waals surface area (Å²) in [5.74, 6) is -0.0323. The average Bonchev–Trinajstić information content (AvgIpc) is 2.46. The fraction of sp³-hybridized carbons (Fsp3) is 0.333. The minimum Gasteiger partial charge on any atom is -0.351 e. The lowest BCUT2D eigenvalue weighted by Gasteiger charge is -2.08. The second-order valence-electron chi connectivity index (χ2n) is 4.41. The third-order valence-corrected chi connectivity index (χ3v) is 2.94. The Morgan fingerprint density at radius 1 is 1.21 bits per heavy atom. The quantitative estimate of drug-likeness (QED) is 0.778. The van der Waals surface area contributed by atoms with Crippen LogP contribution in [-0.2, 0) is 0 Å². The summed E-state index contributed by atoms with van der Waals surface area (Å²) < 4.78 is 0. The van der Waals surface area contributed by atoms with Gasteiger partial charge in [0, 0.05) is 36.4 Å². The van der Waals surface area contributed by atoms with Gasteiger partial charge in [-0.25, -0.2) is 0 Å². The van der Waals surface area contributed by atoms with E-state index in [0.717, 1.165) is 30.3 Å². The molecule has 1 aromatic carbocycles. The number of pyridine rings is 1. The Balaban J connectivity index is 2.01. The third kappa shape index (κ3) is 3.51. The number of carbonyl (C=O) groups excluding carboxylic acids is 1. The molecule has 0 radical (unpaired) electrons. The van der Waals surface area contributed by atoms with Crippen LogP contribution in [0.3, 0.4) is 0 Å². The van der Waals surface area contributed by atoms with Crippen LogP contribution in [0.4, 0.5) is 0 Å². The summed E-state index contributed by atoms with van der Waals surface area (Å²) >= 11 is 0. The predicted molar refractivity (Wildman–Crippen MR) is 77.2 cm³/mol. The molecule has 0 atom stereocenters. The first-order valence-corrected chi connectivity index (χ1v) is 6.64. The Labute approximate surface area is 113 Å². The summed E-state index contributed by atoms with van der Waals surface area (Å²) in [6.07, 6.45) is 4.58. The minimum absolute atomic E-state index is 0.0323. The van der Waals surface area contributed by atoms with Gasteiger partial charge in [0.1, 0.15) is 0 Å². The first kappa shape index (κ1) is 13.5. The molecule has 4 nitrogen and oxygen atoms in total. The molecule has 0 unspecified atom stereocenters. The SMILES string of the molecule is CCCNCCNC(=O)c1cccc2cnccc12. The van der Waals surface area contributed by atoms with Gasteiger partial charge >= 0.3 is 0 Å². The van der Waals surface area contributed by atoms with Crippen molar-refractivity contribution in [2.75, 3.05) is 19.6 Å². The van der Waals surface area contributed by atoms with Crippen LogP contribution in [0.5, 0.6) is 0 Å². The Bertz CT molecular complexity index is 549.